The van der Waals surface area contributed by atoms with E-state index in [1.54, 1.807) is 18.4 Å². The van der Waals surface area contributed by atoms with Crippen LogP contribution in [0.1, 0.15) is 18.6 Å². The van der Waals surface area contributed by atoms with Crippen LogP contribution in [0.25, 0.3) is 0 Å². The number of sulfone groups is 1. The van der Waals surface area contributed by atoms with Gasteiger partial charge >= 0.3 is 0 Å². The van der Waals surface area contributed by atoms with Crippen LogP contribution >= 0.6 is 23.4 Å². The Kier molecular flexibility index (Phi) is 6.17. The summed E-state index contributed by atoms with van der Waals surface area (Å²) in [5.41, 5.74) is 0. The molecule has 4 rings (SSSR count). The van der Waals surface area contributed by atoms with Crippen molar-refractivity contribution < 1.29 is 12.8 Å². The number of anilines is 1. The van der Waals surface area contributed by atoms with Crippen LogP contribution in [0.3, 0.4) is 0 Å². The average molecular weight is 453 g/mol. The van der Waals surface area contributed by atoms with Gasteiger partial charge in [0.05, 0.1) is 23.5 Å². The van der Waals surface area contributed by atoms with E-state index in [4.69, 9.17) is 16.0 Å². The number of thioether (sulfide) groups is 1. The largest absolute Gasteiger partial charge is 0.467 e. The van der Waals surface area contributed by atoms with Crippen LogP contribution in [-0.2, 0) is 16.4 Å². The fourth-order valence-corrected chi connectivity index (χ4v) is 5.94. The number of furan rings is 1. The summed E-state index contributed by atoms with van der Waals surface area (Å²) >= 11 is 7.24. The number of benzene rings is 1. The summed E-state index contributed by atoms with van der Waals surface area (Å²) in [7, 11) is -3.38. The lowest BCUT2D eigenvalue weighted by atomic mass is 10.4. The molecule has 2 aromatic heterocycles. The van der Waals surface area contributed by atoms with E-state index in [2.05, 4.69) is 15.1 Å². The summed E-state index contributed by atoms with van der Waals surface area (Å²) in [5, 5.41) is 9.90. The molecule has 0 amide bonds. The van der Waals surface area contributed by atoms with Gasteiger partial charge in [-0.15, -0.1) is 10.2 Å². The number of nitrogens with zero attached hydrogens (tertiary/aromatic N) is 4. The van der Waals surface area contributed by atoms with E-state index in [0.717, 1.165) is 37.6 Å². The first-order valence-electron chi connectivity index (χ1n) is 9.34. The minimum atomic E-state index is -3.38. The molecule has 3 heterocycles. The van der Waals surface area contributed by atoms with Gasteiger partial charge in [-0.2, -0.15) is 0 Å². The average Bonchev–Trinajstić information content (AvgIpc) is 3.45. The van der Waals surface area contributed by atoms with Crippen LogP contribution in [0, 0.1) is 0 Å². The third-order valence-electron chi connectivity index (χ3n) is 4.74. The van der Waals surface area contributed by atoms with E-state index < -0.39 is 9.84 Å². The topological polar surface area (TPSA) is 81.2 Å². The van der Waals surface area contributed by atoms with Gasteiger partial charge in [-0.3, -0.25) is 4.57 Å². The van der Waals surface area contributed by atoms with Crippen LogP contribution in [0.5, 0.6) is 0 Å². The molecular formula is C19H21ClN4O3S2. The molecule has 29 heavy (non-hydrogen) atoms. The number of hydrogen-bond donors (Lipinski definition) is 0. The fraction of sp³-hybridized carbons (Fsp3) is 0.368. The molecule has 154 valence electrons. The molecule has 0 N–H and O–H groups in total. The predicted molar refractivity (Wildman–Crippen MR) is 114 cm³/mol. The molecule has 0 radical (unpaired) electrons. The van der Waals surface area contributed by atoms with E-state index in [0.29, 0.717) is 22.5 Å². The second-order valence-corrected chi connectivity index (χ2v) is 10.4. The first-order chi connectivity index (χ1) is 14.0. The van der Waals surface area contributed by atoms with E-state index in [-0.39, 0.29) is 10.6 Å². The number of hydrogen-bond acceptors (Lipinski definition) is 7. The van der Waals surface area contributed by atoms with Crippen LogP contribution in [0.4, 0.5) is 5.95 Å². The highest BCUT2D eigenvalue weighted by Gasteiger charge is 2.23. The van der Waals surface area contributed by atoms with Crippen LogP contribution < -0.4 is 4.90 Å². The summed E-state index contributed by atoms with van der Waals surface area (Å²) in [4.78, 5) is 2.49. The Morgan fingerprint density at radius 2 is 1.86 bits per heavy atom. The normalized spacial score (nSPS) is 14.6. The Morgan fingerprint density at radius 3 is 2.55 bits per heavy atom. The maximum absolute atomic E-state index is 12.6. The fourth-order valence-electron chi connectivity index (χ4n) is 3.24. The molecule has 0 unspecified atom stereocenters. The molecule has 1 aromatic carbocycles. The van der Waals surface area contributed by atoms with Gasteiger partial charge in [0.2, 0.25) is 5.95 Å². The van der Waals surface area contributed by atoms with E-state index in [9.17, 15) is 8.42 Å². The third kappa shape index (κ3) is 4.79. The van der Waals surface area contributed by atoms with Crippen molar-refractivity contribution in [3.8, 4) is 0 Å². The Labute approximate surface area is 179 Å². The molecule has 1 aliphatic heterocycles. The molecule has 0 bridgehead atoms. The molecular weight excluding hydrogens is 432 g/mol. The van der Waals surface area contributed by atoms with E-state index in [1.165, 1.54) is 23.9 Å². The minimum Gasteiger partial charge on any atom is -0.467 e. The van der Waals surface area contributed by atoms with Gasteiger partial charge in [0.15, 0.2) is 15.0 Å². The van der Waals surface area contributed by atoms with Crippen molar-refractivity contribution in [1.29, 1.82) is 0 Å². The zero-order chi connectivity index (χ0) is 20.3. The molecule has 0 saturated carbocycles. The Hall–Kier alpha value is -1.97. The molecule has 1 aliphatic rings. The SMILES string of the molecule is O=S(=O)(CCSc1nnc(N2CCCC2)n1Cc1ccco1)c1ccc(Cl)cc1. The minimum absolute atomic E-state index is 0.00591. The highest BCUT2D eigenvalue weighted by Crippen LogP contribution is 2.26. The van der Waals surface area contributed by atoms with E-state index in [1.807, 2.05) is 16.7 Å². The van der Waals surface area contributed by atoms with Gasteiger partial charge in [0, 0.05) is 23.9 Å². The second kappa shape index (κ2) is 8.81. The third-order valence-corrected chi connectivity index (χ3v) is 7.95. The van der Waals surface area contributed by atoms with Crippen molar-refractivity contribution in [2.45, 2.75) is 29.4 Å². The van der Waals surface area contributed by atoms with Crippen LogP contribution in [-0.4, -0.2) is 47.8 Å². The van der Waals surface area contributed by atoms with Crippen molar-refractivity contribution in [1.82, 2.24) is 14.8 Å². The van der Waals surface area contributed by atoms with Gasteiger partial charge < -0.3 is 9.32 Å². The van der Waals surface area contributed by atoms with Crippen LogP contribution in [0.2, 0.25) is 5.02 Å². The highest BCUT2D eigenvalue weighted by atomic mass is 35.5. The summed E-state index contributed by atoms with van der Waals surface area (Å²) in [6.45, 7) is 2.41. The number of aromatic nitrogens is 3. The van der Waals surface area contributed by atoms with Gasteiger partial charge in [-0.1, -0.05) is 23.4 Å². The van der Waals surface area contributed by atoms with Crippen molar-refractivity contribution in [3.05, 3.63) is 53.4 Å². The molecule has 1 saturated heterocycles. The summed E-state index contributed by atoms with van der Waals surface area (Å²) in [6.07, 6.45) is 3.91. The highest BCUT2D eigenvalue weighted by molar-refractivity contribution is 8.00. The number of rotatable bonds is 8. The maximum atomic E-state index is 12.6. The number of halogens is 1. The second-order valence-electron chi connectivity index (χ2n) is 6.76. The lowest BCUT2D eigenvalue weighted by Crippen LogP contribution is -2.22. The lowest BCUT2D eigenvalue weighted by molar-refractivity contribution is 0.483. The molecule has 7 nitrogen and oxygen atoms in total. The quantitative estimate of drug-likeness (QED) is 0.481. The van der Waals surface area contributed by atoms with Crippen molar-refractivity contribution in [2.24, 2.45) is 0 Å². The van der Waals surface area contributed by atoms with Crippen LogP contribution in [0.15, 0.2) is 57.1 Å². The Bertz CT molecular complexity index is 1040. The van der Waals surface area contributed by atoms with E-state index >= 15 is 0 Å². The zero-order valence-corrected chi connectivity index (χ0v) is 18.1. The Morgan fingerprint density at radius 1 is 1.10 bits per heavy atom. The maximum Gasteiger partial charge on any atom is 0.228 e. The van der Waals surface area contributed by atoms with Crippen molar-refractivity contribution in [3.63, 3.8) is 0 Å². The van der Waals surface area contributed by atoms with Gasteiger partial charge in [-0.05, 0) is 49.2 Å². The molecule has 10 heteroatoms. The molecule has 0 atom stereocenters. The first kappa shape index (κ1) is 20.3. The smallest absolute Gasteiger partial charge is 0.228 e. The molecule has 3 aromatic rings. The summed E-state index contributed by atoms with van der Waals surface area (Å²) in [6, 6.07) is 10.0. The zero-order valence-electron chi connectivity index (χ0n) is 15.7. The Balaban J connectivity index is 1.48. The standard InChI is InChI=1S/C19H21ClN4O3S2/c20-15-5-7-17(8-6-15)29(25,26)13-12-28-19-22-21-18(23-9-1-2-10-23)24(19)14-16-4-3-11-27-16/h3-8,11H,1-2,9-10,12-14H2. The van der Waals surface area contributed by atoms with Crippen molar-refractivity contribution >= 4 is 39.1 Å². The van der Waals surface area contributed by atoms with Gasteiger partial charge in [-0.25, -0.2) is 8.42 Å². The first-order valence-corrected chi connectivity index (χ1v) is 12.4. The molecule has 1 fully saturated rings. The van der Waals surface area contributed by atoms with Gasteiger partial charge in [0.25, 0.3) is 0 Å². The summed E-state index contributed by atoms with van der Waals surface area (Å²) < 4.78 is 32.6. The monoisotopic (exact) mass is 452 g/mol. The van der Waals surface area contributed by atoms with Gasteiger partial charge in [0.1, 0.15) is 5.76 Å². The summed E-state index contributed by atoms with van der Waals surface area (Å²) in [5.74, 6) is 2.00. The van der Waals surface area contributed by atoms with Crippen molar-refractivity contribution in [2.75, 3.05) is 29.5 Å². The predicted octanol–water partition coefficient (Wildman–Crippen LogP) is 3.74. The molecule has 0 spiro atoms. The lowest BCUT2D eigenvalue weighted by Gasteiger charge is -2.17. The molecule has 0 aliphatic carbocycles.